The summed E-state index contributed by atoms with van der Waals surface area (Å²) in [6.45, 7) is 23.5. The third kappa shape index (κ3) is 8.88. The number of hydrogen-bond acceptors (Lipinski definition) is 4. The van der Waals surface area contributed by atoms with E-state index in [2.05, 4.69) is 236 Å². The second-order valence-electron chi connectivity index (χ2n) is 23.6. The Bertz CT molecular complexity index is 3450. The minimum atomic E-state index is -0.00785. The second kappa shape index (κ2) is 18.6. The fraction of sp³-hybridized carbons (Fsp3) is 0.265. The summed E-state index contributed by atoms with van der Waals surface area (Å²) in [6, 6.07) is 63.0. The van der Waals surface area contributed by atoms with Gasteiger partial charge in [0, 0.05) is 50.1 Å². The molecular formula is C68H67Cl2N3O. The average Bonchev–Trinajstić information content (AvgIpc) is 3.82. The summed E-state index contributed by atoms with van der Waals surface area (Å²) < 4.78 is 6.29. The van der Waals surface area contributed by atoms with Crippen LogP contribution in [0.4, 0.5) is 51.2 Å². The van der Waals surface area contributed by atoms with Crippen LogP contribution in [0.3, 0.4) is 0 Å². The highest BCUT2D eigenvalue weighted by Crippen LogP contribution is 2.54. The molecule has 9 aromatic rings. The average molecular weight is 1010 g/mol. The number of anilines is 9. The van der Waals surface area contributed by atoms with Crippen molar-refractivity contribution >= 4 is 85.4 Å². The minimum Gasteiger partial charge on any atom is -0.456 e. The van der Waals surface area contributed by atoms with E-state index in [9.17, 15) is 0 Å². The number of rotatable bonds is 10. The van der Waals surface area contributed by atoms with Crippen molar-refractivity contribution in [3.8, 4) is 11.3 Å². The van der Waals surface area contributed by atoms with Gasteiger partial charge in [-0.25, -0.2) is 0 Å². The maximum absolute atomic E-state index is 8.19. The van der Waals surface area contributed by atoms with E-state index in [-0.39, 0.29) is 21.7 Å². The highest BCUT2D eigenvalue weighted by atomic mass is 35.5. The maximum Gasteiger partial charge on any atom is 0.135 e. The number of fused-ring (bicyclic) bond motifs is 3. The van der Waals surface area contributed by atoms with E-state index in [1.807, 2.05) is 24.3 Å². The quantitative estimate of drug-likeness (QED) is 0.136. The predicted octanol–water partition coefficient (Wildman–Crippen LogP) is 21.1. The van der Waals surface area contributed by atoms with Crippen molar-refractivity contribution < 1.29 is 4.42 Å². The molecule has 8 aromatic carbocycles. The third-order valence-corrected chi connectivity index (χ3v) is 17.1. The molecule has 4 nitrogen and oxygen atoms in total. The monoisotopic (exact) mass is 1010 g/mol. The molecule has 0 atom stereocenters. The van der Waals surface area contributed by atoms with Crippen molar-refractivity contribution in [3.63, 3.8) is 0 Å². The number of nitrogens with zero attached hydrogens (tertiary/aromatic N) is 3. The summed E-state index contributed by atoms with van der Waals surface area (Å²) in [6.07, 6.45) is 4.51. The molecule has 374 valence electrons. The van der Waals surface area contributed by atoms with Gasteiger partial charge in [0.05, 0.1) is 22.1 Å². The molecule has 0 saturated carbocycles. The first-order valence-corrected chi connectivity index (χ1v) is 27.1. The van der Waals surface area contributed by atoms with Gasteiger partial charge in [-0.2, -0.15) is 0 Å². The summed E-state index contributed by atoms with van der Waals surface area (Å²) in [5, 5.41) is 2.27. The molecule has 0 spiro atoms. The van der Waals surface area contributed by atoms with Crippen LogP contribution in [0.1, 0.15) is 114 Å². The Labute approximate surface area is 449 Å². The van der Waals surface area contributed by atoms with E-state index in [1.165, 1.54) is 22.3 Å². The molecule has 0 fully saturated rings. The van der Waals surface area contributed by atoms with E-state index in [0.29, 0.717) is 10.0 Å². The Morgan fingerprint density at radius 3 is 1.41 bits per heavy atom. The molecule has 6 heteroatoms. The van der Waals surface area contributed by atoms with Crippen LogP contribution in [0.15, 0.2) is 180 Å². The molecule has 0 aliphatic heterocycles. The predicted molar refractivity (Wildman–Crippen MR) is 316 cm³/mol. The molecule has 0 unspecified atom stereocenters. The molecule has 1 aromatic heterocycles. The minimum absolute atomic E-state index is 0.00785. The lowest BCUT2D eigenvalue weighted by Crippen LogP contribution is -2.34. The van der Waals surface area contributed by atoms with E-state index >= 15 is 0 Å². The van der Waals surface area contributed by atoms with Crippen LogP contribution in [0.2, 0.25) is 10.0 Å². The molecule has 2 aliphatic rings. The van der Waals surface area contributed by atoms with Crippen molar-refractivity contribution in [2.24, 2.45) is 0 Å². The van der Waals surface area contributed by atoms with E-state index in [4.69, 9.17) is 27.6 Å². The van der Waals surface area contributed by atoms with E-state index < -0.39 is 0 Å². The van der Waals surface area contributed by atoms with Crippen molar-refractivity contribution in [2.75, 3.05) is 14.7 Å². The highest BCUT2D eigenvalue weighted by molar-refractivity contribution is 6.38. The smallest absolute Gasteiger partial charge is 0.135 e. The first kappa shape index (κ1) is 49.5. The van der Waals surface area contributed by atoms with Crippen LogP contribution < -0.4 is 14.7 Å². The summed E-state index contributed by atoms with van der Waals surface area (Å²) >= 11 is 15.7. The number of hydrogen-bond donors (Lipinski definition) is 0. The highest BCUT2D eigenvalue weighted by Gasteiger charge is 2.40. The van der Waals surface area contributed by atoms with Gasteiger partial charge in [0.2, 0.25) is 0 Å². The zero-order valence-electron chi connectivity index (χ0n) is 44.6. The van der Waals surface area contributed by atoms with Crippen molar-refractivity contribution in [1.29, 1.82) is 0 Å². The summed E-state index contributed by atoms with van der Waals surface area (Å²) in [4.78, 5) is 6.99. The van der Waals surface area contributed by atoms with Crippen LogP contribution in [0.5, 0.6) is 0 Å². The van der Waals surface area contributed by atoms with Crippen LogP contribution in [-0.2, 0) is 21.7 Å². The van der Waals surface area contributed by atoms with Crippen LogP contribution in [-0.4, -0.2) is 0 Å². The molecular weight excluding hydrogens is 946 g/mol. The summed E-state index contributed by atoms with van der Waals surface area (Å²) in [5.74, 6) is 0.838. The van der Waals surface area contributed by atoms with Gasteiger partial charge in [0.1, 0.15) is 11.3 Å². The van der Waals surface area contributed by atoms with Gasteiger partial charge >= 0.3 is 0 Å². The fourth-order valence-corrected chi connectivity index (χ4v) is 12.5. The molecule has 0 bridgehead atoms. The van der Waals surface area contributed by atoms with Gasteiger partial charge in [0.25, 0.3) is 0 Å². The largest absolute Gasteiger partial charge is 0.456 e. The number of furan rings is 1. The number of halogens is 2. The molecule has 2 aliphatic carbocycles. The topological polar surface area (TPSA) is 22.9 Å². The molecule has 1 heterocycles. The molecule has 0 saturated heterocycles. The molecule has 0 radical (unpaired) electrons. The van der Waals surface area contributed by atoms with Crippen molar-refractivity contribution in [3.05, 3.63) is 219 Å². The number of benzene rings is 8. The normalized spacial score (nSPS) is 16.1. The van der Waals surface area contributed by atoms with Gasteiger partial charge < -0.3 is 19.1 Å². The fourth-order valence-electron chi connectivity index (χ4n) is 12.0. The molecule has 0 amide bonds. The van der Waals surface area contributed by atoms with Gasteiger partial charge in [-0.3, -0.25) is 0 Å². The second-order valence-corrected chi connectivity index (χ2v) is 24.4. The SMILES string of the molecule is Cc1cccc(C)c1N(c1cccc(N(c2ccccc2)c2ccc(-c3cc4ccccc4o3)cc2)c1)c1cc(Cl)cc(N(c2ccc3c(c2)C(C)(C)CCC3(C)C)c2ccc3c(c2)C(C)(C)CCC3(C)C)c1Cl. The molecule has 0 N–H and O–H groups in total. The Morgan fingerprint density at radius 2 is 0.838 bits per heavy atom. The lowest BCUT2D eigenvalue weighted by molar-refractivity contribution is 0.332. The first-order chi connectivity index (χ1) is 35.3. The Balaban J connectivity index is 1.10. The lowest BCUT2D eigenvalue weighted by Gasteiger charge is -2.43. The summed E-state index contributed by atoms with van der Waals surface area (Å²) in [5.41, 5.74) is 18.6. The van der Waals surface area contributed by atoms with Crippen LogP contribution >= 0.6 is 23.2 Å². The van der Waals surface area contributed by atoms with Crippen molar-refractivity contribution in [2.45, 2.75) is 117 Å². The summed E-state index contributed by atoms with van der Waals surface area (Å²) in [7, 11) is 0. The van der Waals surface area contributed by atoms with Gasteiger partial charge in [-0.15, -0.1) is 0 Å². The van der Waals surface area contributed by atoms with E-state index in [1.54, 1.807) is 0 Å². The zero-order valence-corrected chi connectivity index (χ0v) is 46.1. The Kier molecular flexibility index (Phi) is 12.4. The third-order valence-electron chi connectivity index (χ3n) is 16.5. The molecule has 11 rings (SSSR count). The zero-order chi connectivity index (χ0) is 51.9. The van der Waals surface area contributed by atoms with Gasteiger partial charge in [0.15, 0.2) is 0 Å². The molecule has 74 heavy (non-hydrogen) atoms. The lowest BCUT2D eigenvalue weighted by atomic mass is 9.63. The van der Waals surface area contributed by atoms with Gasteiger partial charge in [-0.1, -0.05) is 151 Å². The first-order valence-electron chi connectivity index (χ1n) is 26.3. The Hall–Kier alpha value is -6.72. The van der Waals surface area contributed by atoms with Crippen LogP contribution in [0, 0.1) is 13.8 Å². The standard InChI is InChI=1S/C68H67Cl2N3O/c1-44-18-16-19-45(2)64(44)73(52-24-17-23-51(41-52)71(49-21-12-11-13-22-49)50-28-26-46(27-29-50)62-38-47-20-14-15-25-61(47)74-62)60-40-48(69)39-59(63(60)70)72(53-30-32-55-57(42-53)67(7,8)36-34-65(55,3)4)54-31-33-56-58(43-54)68(9,10)37-35-66(56,5)6/h11-33,38-43H,34-37H2,1-10H3. The Morgan fingerprint density at radius 1 is 0.392 bits per heavy atom. The van der Waals surface area contributed by atoms with E-state index in [0.717, 1.165) is 110 Å². The number of para-hydroxylation sites is 3. The van der Waals surface area contributed by atoms with Crippen molar-refractivity contribution in [1.82, 2.24) is 0 Å². The number of aryl methyl sites for hydroxylation is 2. The van der Waals surface area contributed by atoms with Gasteiger partial charge in [-0.05, 0) is 198 Å². The maximum atomic E-state index is 8.19. The van der Waals surface area contributed by atoms with Crippen LogP contribution in [0.25, 0.3) is 22.3 Å².